The van der Waals surface area contributed by atoms with Gasteiger partial charge in [0.15, 0.2) is 6.73 Å². The molecule has 0 saturated carbocycles. The van der Waals surface area contributed by atoms with Gasteiger partial charge in [-0.2, -0.15) is 0 Å². The molecule has 35 heavy (non-hydrogen) atoms. The second-order valence-corrected chi connectivity index (χ2v) is 10.1. The zero-order valence-electron chi connectivity index (χ0n) is 20.1. The van der Waals surface area contributed by atoms with Crippen LogP contribution in [0.2, 0.25) is 0 Å². The van der Waals surface area contributed by atoms with E-state index in [-0.39, 0.29) is 57.8 Å². The number of nitrogens with one attached hydrogen (secondary N) is 1. The first-order valence-corrected chi connectivity index (χ1v) is 13.4. The Hall–Kier alpha value is -2.91. The molecule has 1 rings (SSSR count). The highest BCUT2D eigenvalue weighted by Crippen LogP contribution is 2.44. The van der Waals surface area contributed by atoms with Crippen molar-refractivity contribution in [1.29, 1.82) is 0 Å². The summed E-state index contributed by atoms with van der Waals surface area (Å²) in [6.45, 7) is 3.26. The minimum atomic E-state index is -3.75. The number of hydrogen-bond acceptors (Lipinski definition) is 9. The molecule has 0 spiro atoms. The summed E-state index contributed by atoms with van der Waals surface area (Å²) in [5.74, 6) is -2.52. The van der Waals surface area contributed by atoms with Crippen LogP contribution in [0.15, 0.2) is 30.3 Å². The van der Waals surface area contributed by atoms with Gasteiger partial charge >= 0.3 is 24.0 Å². The van der Waals surface area contributed by atoms with E-state index < -0.39 is 44.0 Å². The minimum absolute atomic E-state index is 0.0522. The summed E-state index contributed by atoms with van der Waals surface area (Å²) in [6.07, 6.45) is -1.71. The monoisotopic (exact) mass is 515 g/mol. The van der Waals surface area contributed by atoms with E-state index in [0.29, 0.717) is 0 Å². The van der Waals surface area contributed by atoms with Crippen molar-refractivity contribution in [3.05, 3.63) is 35.9 Å². The highest BCUT2D eigenvalue weighted by molar-refractivity contribution is 7.58. The van der Waals surface area contributed by atoms with E-state index in [1.54, 1.807) is 26.0 Å². The van der Waals surface area contributed by atoms with Crippen molar-refractivity contribution in [1.82, 2.24) is 5.32 Å². The third-order valence-corrected chi connectivity index (χ3v) is 6.72. The number of carbonyl (C=O) groups is 4. The molecular formula is C23H34NO10P. The molecule has 2 N–H and O–H groups in total. The second kappa shape index (κ2) is 16.7. The largest absolute Gasteiger partial charge is 0.466 e. The third kappa shape index (κ3) is 14.9. The van der Waals surface area contributed by atoms with Crippen molar-refractivity contribution in [2.75, 3.05) is 32.3 Å². The summed E-state index contributed by atoms with van der Waals surface area (Å²) in [5.41, 5.74) is 0.805. The third-order valence-electron chi connectivity index (χ3n) is 4.62. The summed E-state index contributed by atoms with van der Waals surface area (Å²) < 4.78 is 32.2. The van der Waals surface area contributed by atoms with Crippen LogP contribution in [-0.2, 0) is 44.5 Å². The first-order valence-electron chi connectivity index (χ1n) is 11.4. The minimum Gasteiger partial charge on any atom is -0.466 e. The molecule has 0 aliphatic carbocycles. The van der Waals surface area contributed by atoms with E-state index in [0.717, 1.165) is 5.56 Å². The first kappa shape index (κ1) is 30.1. The average Bonchev–Trinajstić information content (AvgIpc) is 2.78. The van der Waals surface area contributed by atoms with Gasteiger partial charge in [0, 0.05) is 31.6 Å². The zero-order chi connectivity index (χ0) is 26.1. The fourth-order valence-corrected chi connectivity index (χ4v) is 5.00. The maximum absolute atomic E-state index is 12.6. The van der Waals surface area contributed by atoms with Gasteiger partial charge in [-0.3, -0.25) is 24.3 Å². The molecule has 0 saturated heterocycles. The molecular weight excluding hydrogens is 481 g/mol. The predicted molar refractivity (Wildman–Crippen MR) is 126 cm³/mol. The van der Waals surface area contributed by atoms with E-state index in [1.165, 1.54) is 0 Å². The molecule has 0 bridgehead atoms. The van der Waals surface area contributed by atoms with Gasteiger partial charge in [-0.1, -0.05) is 30.3 Å². The number of alkyl carbamates (subject to hydrolysis) is 1. The van der Waals surface area contributed by atoms with Crippen LogP contribution in [-0.4, -0.2) is 61.2 Å². The van der Waals surface area contributed by atoms with Gasteiger partial charge in [0.1, 0.15) is 6.61 Å². The SMILES string of the molecule is CCOC(=O)CC(CC(=O)OCC)CP(=O)(O)CCCC(=O)OCNC(=O)OCc1ccccc1. The Morgan fingerprint density at radius 3 is 2.09 bits per heavy atom. The molecule has 0 heterocycles. The molecule has 1 aromatic carbocycles. The van der Waals surface area contributed by atoms with Gasteiger partial charge in [-0.25, -0.2) is 4.79 Å². The molecule has 12 heteroatoms. The van der Waals surface area contributed by atoms with Gasteiger partial charge in [0.2, 0.25) is 7.37 Å². The molecule has 0 aliphatic heterocycles. The Kier molecular flexibility index (Phi) is 14.3. The van der Waals surface area contributed by atoms with Gasteiger partial charge in [-0.15, -0.1) is 0 Å². The number of carbonyl (C=O) groups excluding carboxylic acids is 4. The summed E-state index contributed by atoms with van der Waals surface area (Å²) in [4.78, 5) is 57.4. The van der Waals surface area contributed by atoms with Gasteiger partial charge in [0.25, 0.3) is 0 Å². The quantitative estimate of drug-likeness (QED) is 0.145. The fourth-order valence-electron chi connectivity index (χ4n) is 3.10. The van der Waals surface area contributed by atoms with Crippen LogP contribution in [0, 0.1) is 5.92 Å². The average molecular weight is 515 g/mol. The highest BCUT2D eigenvalue weighted by atomic mass is 31.2. The smallest absolute Gasteiger partial charge is 0.410 e. The Morgan fingerprint density at radius 1 is 0.914 bits per heavy atom. The second-order valence-electron chi connectivity index (χ2n) is 7.64. The molecule has 0 aromatic heterocycles. The van der Waals surface area contributed by atoms with Crippen LogP contribution in [0.4, 0.5) is 4.79 Å². The molecule has 1 unspecified atom stereocenters. The van der Waals surface area contributed by atoms with Crippen LogP contribution in [0.3, 0.4) is 0 Å². The Balaban J connectivity index is 2.35. The van der Waals surface area contributed by atoms with Crippen molar-refractivity contribution < 1.29 is 47.6 Å². The molecule has 1 atom stereocenters. The lowest BCUT2D eigenvalue weighted by Gasteiger charge is -2.19. The maximum Gasteiger partial charge on any atom is 0.410 e. The lowest BCUT2D eigenvalue weighted by atomic mass is 10.0. The number of rotatable bonds is 16. The maximum atomic E-state index is 12.6. The lowest BCUT2D eigenvalue weighted by molar-refractivity contribution is -0.147. The van der Waals surface area contributed by atoms with Gasteiger partial charge in [0.05, 0.1) is 13.2 Å². The lowest BCUT2D eigenvalue weighted by Crippen LogP contribution is -2.28. The van der Waals surface area contributed by atoms with Gasteiger partial charge in [-0.05, 0) is 31.7 Å². The number of ether oxygens (including phenoxy) is 4. The molecule has 0 aliphatic rings. The fraction of sp³-hybridized carbons (Fsp3) is 0.565. The molecule has 1 amide bonds. The van der Waals surface area contributed by atoms with E-state index >= 15 is 0 Å². The number of hydrogen-bond donors (Lipinski definition) is 2. The molecule has 1 aromatic rings. The van der Waals surface area contributed by atoms with Crippen LogP contribution in [0.1, 0.15) is 45.1 Å². The van der Waals surface area contributed by atoms with Crippen molar-refractivity contribution in [2.45, 2.75) is 46.1 Å². The molecule has 11 nitrogen and oxygen atoms in total. The zero-order valence-corrected chi connectivity index (χ0v) is 21.0. The predicted octanol–water partition coefficient (Wildman–Crippen LogP) is 2.99. The van der Waals surface area contributed by atoms with E-state index in [2.05, 4.69) is 5.32 Å². The summed E-state index contributed by atoms with van der Waals surface area (Å²) >= 11 is 0. The highest BCUT2D eigenvalue weighted by Gasteiger charge is 2.28. The number of benzene rings is 1. The molecule has 0 fully saturated rings. The van der Waals surface area contributed by atoms with Crippen LogP contribution < -0.4 is 5.32 Å². The topological polar surface area (TPSA) is 155 Å². The van der Waals surface area contributed by atoms with Crippen LogP contribution in [0.25, 0.3) is 0 Å². The van der Waals surface area contributed by atoms with E-state index in [9.17, 15) is 28.6 Å². The summed E-state index contributed by atoms with van der Waals surface area (Å²) in [6, 6.07) is 9.05. The summed E-state index contributed by atoms with van der Waals surface area (Å²) in [5, 5.41) is 2.28. The Labute approximate surface area is 204 Å². The van der Waals surface area contributed by atoms with E-state index in [1.807, 2.05) is 18.2 Å². The standard InChI is InChI=1S/C23H34NO10P/c1-3-31-21(26)13-19(14-22(27)32-4-2)16-35(29,30)12-8-11-20(25)34-17-24-23(28)33-15-18-9-6-5-7-10-18/h5-7,9-10,19H,3-4,8,11-17H2,1-2H3,(H,24,28)(H,29,30). The Morgan fingerprint density at radius 2 is 1.51 bits per heavy atom. The van der Waals surface area contributed by atoms with Gasteiger partial charge < -0.3 is 23.8 Å². The molecule has 0 radical (unpaired) electrons. The molecule has 196 valence electrons. The summed E-state index contributed by atoms with van der Waals surface area (Å²) in [7, 11) is -3.75. The van der Waals surface area contributed by atoms with Crippen molar-refractivity contribution in [2.24, 2.45) is 5.92 Å². The van der Waals surface area contributed by atoms with Crippen LogP contribution >= 0.6 is 7.37 Å². The van der Waals surface area contributed by atoms with Crippen LogP contribution in [0.5, 0.6) is 0 Å². The number of esters is 3. The Bertz CT molecular complexity index is 841. The van der Waals surface area contributed by atoms with Crippen molar-refractivity contribution in [3.63, 3.8) is 0 Å². The van der Waals surface area contributed by atoms with Crippen molar-refractivity contribution in [3.8, 4) is 0 Å². The normalized spacial score (nSPS) is 12.3. The van der Waals surface area contributed by atoms with Crippen molar-refractivity contribution >= 4 is 31.4 Å². The first-order chi connectivity index (χ1) is 16.6. The van der Waals surface area contributed by atoms with E-state index in [4.69, 9.17) is 18.9 Å². The number of amides is 1.